The van der Waals surface area contributed by atoms with Crippen molar-refractivity contribution in [3.8, 4) is 0 Å². The Hall–Kier alpha value is -0.200. The highest BCUT2D eigenvalue weighted by atomic mass is 16.7. The van der Waals surface area contributed by atoms with E-state index in [0.717, 1.165) is 0 Å². The van der Waals surface area contributed by atoms with Gasteiger partial charge >= 0.3 is 0 Å². The van der Waals surface area contributed by atoms with Crippen LogP contribution in [0, 0.1) is 0 Å². The Balaban J connectivity index is 2.93. The molecule has 0 saturated carbocycles. The van der Waals surface area contributed by atoms with Crippen molar-refractivity contribution in [1.82, 2.24) is 0 Å². The summed E-state index contributed by atoms with van der Waals surface area (Å²) in [7, 11) is 0. The number of rotatable bonds is 2. The third-order valence-electron chi connectivity index (χ3n) is 2.86. The highest BCUT2D eigenvalue weighted by Crippen LogP contribution is 2.29. The molecule has 3 N–H and O–H groups in total. The highest BCUT2D eigenvalue weighted by molar-refractivity contribution is 4.94. The first-order valence-electron chi connectivity index (χ1n) is 6.85. The fourth-order valence-corrected chi connectivity index (χ4v) is 2.12. The molecule has 5 nitrogen and oxygen atoms in total. The van der Waals surface area contributed by atoms with Crippen LogP contribution in [0.3, 0.4) is 0 Å². The van der Waals surface area contributed by atoms with Crippen LogP contribution in [0.4, 0.5) is 0 Å². The Morgan fingerprint density at radius 3 is 1.79 bits per heavy atom. The molecule has 1 fully saturated rings. The Labute approximate surface area is 116 Å². The van der Waals surface area contributed by atoms with Crippen molar-refractivity contribution in [2.24, 2.45) is 5.73 Å². The maximum Gasteiger partial charge on any atom is 0.184 e. The zero-order chi connectivity index (χ0) is 15.0. The second-order valence-corrected chi connectivity index (χ2v) is 7.20. The molecule has 1 aliphatic rings. The molecular formula is C14H29NO4. The quantitative estimate of drug-likeness (QED) is 0.797. The number of nitrogens with two attached hydrogens (primary N) is 1. The maximum atomic E-state index is 10.1. The van der Waals surface area contributed by atoms with Gasteiger partial charge in [-0.05, 0) is 48.5 Å². The summed E-state index contributed by atoms with van der Waals surface area (Å²) in [4.78, 5) is 0. The molecule has 5 unspecified atom stereocenters. The van der Waals surface area contributed by atoms with Crippen molar-refractivity contribution in [2.45, 2.75) is 90.3 Å². The lowest BCUT2D eigenvalue weighted by atomic mass is 9.95. The van der Waals surface area contributed by atoms with Gasteiger partial charge in [0.15, 0.2) is 6.29 Å². The Kier molecular flexibility index (Phi) is 5.02. The second kappa shape index (κ2) is 5.66. The van der Waals surface area contributed by atoms with Gasteiger partial charge in [0.2, 0.25) is 0 Å². The highest BCUT2D eigenvalue weighted by Gasteiger charge is 2.46. The summed E-state index contributed by atoms with van der Waals surface area (Å²) in [5.41, 5.74) is 5.39. The predicted octanol–water partition coefficient (Wildman–Crippen LogP) is 1.42. The number of aliphatic hydroxyl groups is 1. The van der Waals surface area contributed by atoms with Crippen LogP contribution in [0.15, 0.2) is 0 Å². The van der Waals surface area contributed by atoms with E-state index in [2.05, 4.69) is 0 Å². The first-order valence-corrected chi connectivity index (χ1v) is 6.85. The molecule has 114 valence electrons. The lowest BCUT2D eigenvalue weighted by Gasteiger charge is -2.46. The van der Waals surface area contributed by atoms with Crippen LogP contribution in [0.2, 0.25) is 0 Å². The average Bonchev–Trinajstić information content (AvgIpc) is 2.17. The van der Waals surface area contributed by atoms with Crippen LogP contribution in [0.5, 0.6) is 0 Å². The van der Waals surface area contributed by atoms with E-state index in [1.807, 2.05) is 48.5 Å². The first-order chi connectivity index (χ1) is 8.41. The van der Waals surface area contributed by atoms with Gasteiger partial charge in [-0.3, -0.25) is 0 Å². The van der Waals surface area contributed by atoms with Crippen molar-refractivity contribution < 1.29 is 19.3 Å². The molecule has 0 amide bonds. The Bertz CT molecular complexity index is 295. The SMILES string of the molecule is CC1OC(O)C(OC(C)(C)C)C(OC(C)(C)C)C1N. The van der Waals surface area contributed by atoms with Gasteiger partial charge in [-0.15, -0.1) is 0 Å². The second-order valence-electron chi connectivity index (χ2n) is 7.20. The molecule has 1 saturated heterocycles. The van der Waals surface area contributed by atoms with E-state index in [4.69, 9.17) is 19.9 Å². The van der Waals surface area contributed by atoms with Gasteiger partial charge in [0.05, 0.1) is 23.3 Å². The Morgan fingerprint density at radius 2 is 1.37 bits per heavy atom. The van der Waals surface area contributed by atoms with Crippen molar-refractivity contribution >= 4 is 0 Å². The van der Waals surface area contributed by atoms with E-state index >= 15 is 0 Å². The predicted molar refractivity (Wildman–Crippen MR) is 73.8 cm³/mol. The van der Waals surface area contributed by atoms with Gasteiger partial charge in [-0.1, -0.05) is 0 Å². The van der Waals surface area contributed by atoms with E-state index < -0.39 is 24.1 Å². The normalized spacial score (nSPS) is 37.4. The summed E-state index contributed by atoms with van der Waals surface area (Å²) in [6.45, 7) is 13.5. The molecule has 1 rings (SSSR count). The van der Waals surface area contributed by atoms with Gasteiger partial charge in [0.1, 0.15) is 12.2 Å². The summed E-state index contributed by atoms with van der Waals surface area (Å²) in [6, 6.07) is -0.338. The summed E-state index contributed by atoms with van der Waals surface area (Å²) in [5.74, 6) is 0. The van der Waals surface area contributed by atoms with E-state index in [1.54, 1.807) is 0 Å². The zero-order valence-corrected chi connectivity index (χ0v) is 13.1. The summed E-state index contributed by atoms with van der Waals surface area (Å²) in [6.07, 6.45) is -2.30. The van der Waals surface area contributed by atoms with E-state index in [-0.39, 0.29) is 17.7 Å². The van der Waals surface area contributed by atoms with Crippen LogP contribution in [-0.2, 0) is 14.2 Å². The molecule has 5 heteroatoms. The van der Waals surface area contributed by atoms with Crippen LogP contribution in [0.1, 0.15) is 48.5 Å². The van der Waals surface area contributed by atoms with E-state index in [9.17, 15) is 5.11 Å². The van der Waals surface area contributed by atoms with Crippen molar-refractivity contribution in [3.05, 3.63) is 0 Å². The standard InChI is InChI=1S/C14H29NO4/c1-8-9(15)10(18-13(2,3)4)11(12(16)17-8)19-14(5,6)7/h8-12,16H,15H2,1-7H3. The van der Waals surface area contributed by atoms with Gasteiger partial charge < -0.3 is 25.1 Å². The number of aliphatic hydroxyl groups excluding tert-OH is 1. The first kappa shape index (κ1) is 16.9. The monoisotopic (exact) mass is 275 g/mol. The van der Waals surface area contributed by atoms with Crippen LogP contribution < -0.4 is 5.73 Å². The third kappa shape index (κ3) is 5.00. The van der Waals surface area contributed by atoms with Gasteiger partial charge in [-0.25, -0.2) is 0 Å². The van der Waals surface area contributed by atoms with Crippen LogP contribution in [0.25, 0.3) is 0 Å². The summed E-state index contributed by atoms with van der Waals surface area (Å²) >= 11 is 0. The van der Waals surface area contributed by atoms with E-state index in [1.165, 1.54) is 0 Å². The minimum absolute atomic E-state index is 0.276. The van der Waals surface area contributed by atoms with Gasteiger partial charge in [-0.2, -0.15) is 0 Å². The smallest absolute Gasteiger partial charge is 0.184 e. The molecule has 0 aromatic carbocycles. The van der Waals surface area contributed by atoms with Crippen molar-refractivity contribution in [1.29, 1.82) is 0 Å². The minimum atomic E-state index is -1.03. The summed E-state index contributed by atoms with van der Waals surface area (Å²) < 4.78 is 17.3. The molecule has 0 aromatic rings. The topological polar surface area (TPSA) is 73.9 Å². The minimum Gasteiger partial charge on any atom is -0.368 e. The molecular weight excluding hydrogens is 246 g/mol. The molecule has 0 radical (unpaired) electrons. The fraction of sp³-hybridized carbons (Fsp3) is 1.00. The Morgan fingerprint density at radius 1 is 0.947 bits per heavy atom. The number of hydrogen-bond acceptors (Lipinski definition) is 5. The molecule has 0 spiro atoms. The largest absolute Gasteiger partial charge is 0.368 e. The molecule has 1 aliphatic heterocycles. The van der Waals surface area contributed by atoms with Crippen molar-refractivity contribution in [3.63, 3.8) is 0 Å². The molecule has 1 heterocycles. The molecule has 0 bridgehead atoms. The lowest BCUT2D eigenvalue weighted by Crippen LogP contribution is -2.64. The fourth-order valence-electron chi connectivity index (χ4n) is 2.12. The summed E-state index contributed by atoms with van der Waals surface area (Å²) in [5, 5.41) is 10.1. The molecule has 0 aliphatic carbocycles. The molecule has 5 atom stereocenters. The van der Waals surface area contributed by atoms with Crippen LogP contribution in [-0.4, -0.2) is 47.0 Å². The third-order valence-corrected chi connectivity index (χ3v) is 2.86. The van der Waals surface area contributed by atoms with Crippen molar-refractivity contribution in [2.75, 3.05) is 0 Å². The van der Waals surface area contributed by atoms with E-state index in [0.29, 0.717) is 0 Å². The zero-order valence-electron chi connectivity index (χ0n) is 13.1. The average molecular weight is 275 g/mol. The molecule has 19 heavy (non-hydrogen) atoms. The van der Waals surface area contributed by atoms with Gasteiger partial charge in [0.25, 0.3) is 0 Å². The maximum absolute atomic E-state index is 10.1. The molecule has 0 aromatic heterocycles. The van der Waals surface area contributed by atoms with Gasteiger partial charge in [0, 0.05) is 0 Å². The van der Waals surface area contributed by atoms with Crippen LogP contribution >= 0.6 is 0 Å². The lowest BCUT2D eigenvalue weighted by molar-refractivity contribution is -0.299. The number of ether oxygens (including phenoxy) is 3. The number of hydrogen-bond donors (Lipinski definition) is 2.